The Kier molecular flexibility index (Phi) is 4.38. The largest absolute Gasteiger partial charge is 0.468 e. The molecule has 1 saturated heterocycles. The molecule has 126 valence electrons. The predicted octanol–water partition coefficient (Wildman–Crippen LogP) is 1.77. The summed E-state index contributed by atoms with van der Waals surface area (Å²) in [5.41, 5.74) is 0.843. The van der Waals surface area contributed by atoms with E-state index >= 15 is 0 Å². The first-order chi connectivity index (χ1) is 11.6. The first kappa shape index (κ1) is 16.2. The highest BCUT2D eigenvalue weighted by molar-refractivity contribution is 5.94. The van der Waals surface area contributed by atoms with E-state index in [9.17, 15) is 9.59 Å². The summed E-state index contributed by atoms with van der Waals surface area (Å²) < 4.78 is 6.69. The molecule has 6 nitrogen and oxygen atoms in total. The van der Waals surface area contributed by atoms with Crippen LogP contribution in [-0.2, 0) is 22.0 Å². The Bertz CT molecular complexity index is 731. The zero-order chi connectivity index (χ0) is 17.2. The van der Waals surface area contributed by atoms with Crippen molar-refractivity contribution in [2.45, 2.75) is 18.3 Å². The molecule has 1 aromatic heterocycles. The Morgan fingerprint density at radius 2 is 1.83 bits per heavy atom. The molecule has 1 amide bonds. The summed E-state index contributed by atoms with van der Waals surface area (Å²) in [5, 5.41) is 4.05. The Labute approximate surface area is 141 Å². The van der Waals surface area contributed by atoms with Crippen molar-refractivity contribution in [3.05, 3.63) is 53.9 Å². The van der Waals surface area contributed by atoms with Crippen LogP contribution >= 0.6 is 0 Å². The SMILES string of the molecule is COC(=O)C1(c2ccccc2)CCN(C(=O)c2cnn(C)c2)CC1. The Balaban J connectivity index is 1.80. The van der Waals surface area contributed by atoms with Crippen LogP contribution in [0.3, 0.4) is 0 Å². The molecule has 2 aromatic rings. The second-order valence-corrected chi connectivity index (χ2v) is 6.13. The fourth-order valence-electron chi connectivity index (χ4n) is 3.37. The lowest BCUT2D eigenvalue weighted by atomic mass is 9.72. The van der Waals surface area contributed by atoms with Gasteiger partial charge in [0, 0.05) is 26.3 Å². The molecule has 0 bridgehead atoms. The number of benzene rings is 1. The van der Waals surface area contributed by atoms with E-state index in [1.165, 1.54) is 7.11 Å². The highest BCUT2D eigenvalue weighted by Gasteiger charge is 2.44. The maximum Gasteiger partial charge on any atom is 0.316 e. The topological polar surface area (TPSA) is 64.4 Å². The molecule has 0 unspecified atom stereocenters. The highest BCUT2D eigenvalue weighted by Crippen LogP contribution is 2.37. The van der Waals surface area contributed by atoms with Gasteiger partial charge in [0.05, 0.1) is 24.3 Å². The molecule has 0 atom stereocenters. The molecule has 0 N–H and O–H groups in total. The first-order valence-corrected chi connectivity index (χ1v) is 7.99. The van der Waals surface area contributed by atoms with Crippen LogP contribution in [-0.4, -0.2) is 46.8 Å². The second-order valence-electron chi connectivity index (χ2n) is 6.13. The van der Waals surface area contributed by atoms with Gasteiger partial charge < -0.3 is 9.64 Å². The molecule has 6 heteroatoms. The zero-order valence-corrected chi connectivity index (χ0v) is 13.9. The monoisotopic (exact) mass is 327 g/mol. The van der Waals surface area contributed by atoms with Gasteiger partial charge in [-0.15, -0.1) is 0 Å². The van der Waals surface area contributed by atoms with E-state index in [0.717, 1.165) is 5.56 Å². The molecule has 1 fully saturated rings. The van der Waals surface area contributed by atoms with E-state index in [-0.39, 0.29) is 11.9 Å². The molecule has 2 heterocycles. The van der Waals surface area contributed by atoms with Gasteiger partial charge in [-0.2, -0.15) is 5.10 Å². The molecular weight excluding hydrogens is 306 g/mol. The van der Waals surface area contributed by atoms with Gasteiger partial charge in [-0.05, 0) is 18.4 Å². The van der Waals surface area contributed by atoms with E-state index in [2.05, 4.69) is 5.10 Å². The van der Waals surface area contributed by atoms with Crippen LogP contribution in [0.4, 0.5) is 0 Å². The maximum atomic E-state index is 12.6. The van der Waals surface area contributed by atoms with Crippen molar-refractivity contribution in [2.24, 2.45) is 7.05 Å². The van der Waals surface area contributed by atoms with Crippen LogP contribution < -0.4 is 0 Å². The van der Waals surface area contributed by atoms with Crippen molar-refractivity contribution >= 4 is 11.9 Å². The standard InChI is InChI=1S/C18H21N3O3/c1-20-13-14(12-19-20)16(22)21-10-8-18(9-11-21,17(23)24-2)15-6-4-3-5-7-15/h3-7,12-13H,8-11H2,1-2H3. The van der Waals surface area contributed by atoms with Gasteiger partial charge >= 0.3 is 5.97 Å². The van der Waals surface area contributed by atoms with Gasteiger partial charge in [0.15, 0.2) is 0 Å². The number of piperidine rings is 1. The quantitative estimate of drug-likeness (QED) is 0.806. The fraction of sp³-hybridized carbons (Fsp3) is 0.389. The van der Waals surface area contributed by atoms with Crippen molar-refractivity contribution in [1.29, 1.82) is 0 Å². The number of hydrogen-bond acceptors (Lipinski definition) is 4. The molecule has 3 rings (SSSR count). The molecule has 0 aliphatic carbocycles. The van der Waals surface area contributed by atoms with Crippen LogP contribution in [0.2, 0.25) is 0 Å². The van der Waals surface area contributed by atoms with Crippen molar-refractivity contribution in [2.75, 3.05) is 20.2 Å². The number of esters is 1. The minimum atomic E-state index is -0.679. The lowest BCUT2D eigenvalue weighted by Gasteiger charge is -2.40. The molecule has 24 heavy (non-hydrogen) atoms. The van der Waals surface area contributed by atoms with E-state index in [4.69, 9.17) is 4.74 Å². The number of amides is 1. The number of hydrogen-bond donors (Lipinski definition) is 0. The van der Waals surface area contributed by atoms with Crippen molar-refractivity contribution in [3.8, 4) is 0 Å². The highest BCUT2D eigenvalue weighted by atomic mass is 16.5. The second kappa shape index (κ2) is 6.47. The normalized spacial score (nSPS) is 16.7. The fourth-order valence-corrected chi connectivity index (χ4v) is 3.37. The predicted molar refractivity (Wildman–Crippen MR) is 88.5 cm³/mol. The van der Waals surface area contributed by atoms with Gasteiger partial charge in [-0.1, -0.05) is 30.3 Å². The average molecular weight is 327 g/mol. The summed E-state index contributed by atoms with van der Waals surface area (Å²) in [6, 6.07) is 9.68. The average Bonchev–Trinajstić information content (AvgIpc) is 3.07. The summed E-state index contributed by atoms with van der Waals surface area (Å²) in [6.07, 6.45) is 4.38. The summed E-state index contributed by atoms with van der Waals surface area (Å²) in [6.45, 7) is 1.02. The van der Waals surface area contributed by atoms with Gasteiger partial charge in [0.1, 0.15) is 0 Å². The third kappa shape index (κ3) is 2.79. The summed E-state index contributed by atoms with van der Waals surface area (Å²) in [7, 11) is 3.20. The lowest BCUT2D eigenvalue weighted by Crippen LogP contribution is -2.49. The number of likely N-dealkylation sites (tertiary alicyclic amines) is 1. The van der Waals surface area contributed by atoms with Crippen LogP contribution in [0.25, 0.3) is 0 Å². The van der Waals surface area contributed by atoms with E-state index in [1.807, 2.05) is 30.3 Å². The van der Waals surface area contributed by atoms with E-state index in [1.54, 1.807) is 29.0 Å². The lowest BCUT2D eigenvalue weighted by molar-refractivity contribution is -0.149. The minimum absolute atomic E-state index is 0.0466. The number of aromatic nitrogens is 2. The number of carbonyl (C=O) groups excluding carboxylic acids is 2. The number of nitrogens with zero attached hydrogens (tertiary/aromatic N) is 3. The molecule has 0 saturated carbocycles. The Morgan fingerprint density at radius 3 is 2.38 bits per heavy atom. The third-order valence-electron chi connectivity index (χ3n) is 4.76. The van der Waals surface area contributed by atoms with E-state index < -0.39 is 5.41 Å². The summed E-state index contributed by atoms with van der Waals surface area (Å²) in [4.78, 5) is 26.8. The van der Waals surface area contributed by atoms with Crippen LogP contribution in [0.1, 0.15) is 28.8 Å². The van der Waals surface area contributed by atoms with Crippen molar-refractivity contribution in [1.82, 2.24) is 14.7 Å². The smallest absolute Gasteiger partial charge is 0.316 e. The van der Waals surface area contributed by atoms with Gasteiger partial charge in [0.25, 0.3) is 5.91 Å². The van der Waals surface area contributed by atoms with Crippen LogP contribution in [0.5, 0.6) is 0 Å². The molecule has 1 aliphatic rings. The number of ether oxygens (including phenoxy) is 1. The third-order valence-corrected chi connectivity index (χ3v) is 4.76. The first-order valence-electron chi connectivity index (χ1n) is 7.99. The molecule has 1 aromatic carbocycles. The van der Waals surface area contributed by atoms with Crippen molar-refractivity contribution in [3.63, 3.8) is 0 Å². The van der Waals surface area contributed by atoms with E-state index in [0.29, 0.717) is 31.5 Å². The van der Waals surface area contributed by atoms with Crippen molar-refractivity contribution < 1.29 is 14.3 Å². The minimum Gasteiger partial charge on any atom is -0.468 e. The maximum absolute atomic E-state index is 12.6. The summed E-state index contributed by atoms with van der Waals surface area (Å²) in [5.74, 6) is -0.281. The number of carbonyl (C=O) groups is 2. The van der Waals surface area contributed by atoms with Gasteiger partial charge in [0.2, 0.25) is 0 Å². The Morgan fingerprint density at radius 1 is 1.17 bits per heavy atom. The van der Waals surface area contributed by atoms with Crippen LogP contribution in [0.15, 0.2) is 42.7 Å². The molecule has 0 spiro atoms. The van der Waals surface area contributed by atoms with Crippen LogP contribution in [0, 0.1) is 0 Å². The zero-order valence-electron chi connectivity index (χ0n) is 13.9. The summed E-state index contributed by atoms with van der Waals surface area (Å²) >= 11 is 0. The van der Waals surface area contributed by atoms with Gasteiger partial charge in [-0.25, -0.2) is 0 Å². The molecular formula is C18H21N3O3. The molecule has 1 aliphatic heterocycles. The number of methoxy groups -OCH3 is 1. The Hall–Kier alpha value is -2.63. The number of rotatable bonds is 3. The van der Waals surface area contributed by atoms with Gasteiger partial charge in [-0.3, -0.25) is 14.3 Å². The number of aryl methyl sites for hydroxylation is 1. The molecule has 0 radical (unpaired) electrons.